The van der Waals surface area contributed by atoms with Crippen molar-refractivity contribution in [1.29, 1.82) is 0 Å². The van der Waals surface area contributed by atoms with Gasteiger partial charge < -0.3 is 5.11 Å². The molecule has 0 radical (unpaired) electrons. The third-order valence-corrected chi connectivity index (χ3v) is 3.81. The third kappa shape index (κ3) is 2.87. The van der Waals surface area contributed by atoms with Crippen LogP contribution in [0.5, 0.6) is 5.75 Å². The number of benzene rings is 2. The second-order valence-electron chi connectivity index (χ2n) is 4.50. The summed E-state index contributed by atoms with van der Waals surface area (Å²) in [6, 6.07) is 10.9. The summed E-state index contributed by atoms with van der Waals surface area (Å²) in [4.78, 5) is 12.4. The molecule has 0 aliphatic rings. The van der Waals surface area contributed by atoms with Crippen LogP contribution in [0.4, 0.5) is 0 Å². The molecule has 0 fully saturated rings. The number of carbonyl (C=O) groups is 1. The zero-order chi connectivity index (χ0) is 14.0. The Kier molecular flexibility index (Phi) is 4.05. The van der Waals surface area contributed by atoms with Gasteiger partial charge in [0.2, 0.25) is 0 Å². The largest absolute Gasteiger partial charge is 0.508 e. The monoisotopic (exact) mass is 318 g/mol. The fraction of sp³-hybridized carbons (Fsp3) is 0.188. The summed E-state index contributed by atoms with van der Waals surface area (Å²) in [5.74, 6) is 0.141. The minimum atomic E-state index is -0.0439. The number of ketones is 1. The molecule has 1 N–H and O–H groups in total. The van der Waals surface area contributed by atoms with Gasteiger partial charge in [0.25, 0.3) is 0 Å². The normalized spacial score (nSPS) is 10.5. The Labute approximate surface area is 121 Å². The van der Waals surface area contributed by atoms with Crippen LogP contribution in [0.3, 0.4) is 0 Å². The SMILES string of the molecule is CCc1ccc(C(=O)c2cc(C)c(O)cc2Br)cc1. The smallest absolute Gasteiger partial charge is 0.194 e. The number of phenolic OH excluding ortho intramolecular Hbond substituents is 1. The maximum atomic E-state index is 12.4. The van der Waals surface area contributed by atoms with Crippen LogP contribution in [0.1, 0.15) is 34.0 Å². The van der Waals surface area contributed by atoms with E-state index in [2.05, 4.69) is 22.9 Å². The lowest BCUT2D eigenvalue weighted by Gasteiger charge is -2.07. The van der Waals surface area contributed by atoms with E-state index in [0.717, 1.165) is 6.42 Å². The van der Waals surface area contributed by atoms with Gasteiger partial charge in [0.1, 0.15) is 5.75 Å². The minimum absolute atomic E-state index is 0.0439. The average Bonchev–Trinajstić information content (AvgIpc) is 2.42. The molecule has 2 nitrogen and oxygen atoms in total. The highest BCUT2D eigenvalue weighted by atomic mass is 79.9. The summed E-state index contributed by atoms with van der Waals surface area (Å²) in [5, 5.41) is 9.60. The lowest BCUT2D eigenvalue weighted by atomic mass is 10.00. The number of hydrogen-bond acceptors (Lipinski definition) is 2. The molecule has 0 spiro atoms. The van der Waals surface area contributed by atoms with E-state index in [-0.39, 0.29) is 11.5 Å². The molecule has 2 aromatic carbocycles. The van der Waals surface area contributed by atoms with E-state index in [1.807, 2.05) is 24.3 Å². The van der Waals surface area contributed by atoms with Crippen LogP contribution < -0.4 is 0 Å². The molecule has 19 heavy (non-hydrogen) atoms. The molecule has 0 atom stereocenters. The van der Waals surface area contributed by atoms with Crippen LogP contribution in [0.25, 0.3) is 0 Å². The summed E-state index contributed by atoms with van der Waals surface area (Å²) >= 11 is 3.33. The Hall–Kier alpha value is -1.61. The molecule has 0 heterocycles. The van der Waals surface area contributed by atoms with Gasteiger partial charge in [-0.1, -0.05) is 31.2 Å². The molecule has 2 rings (SSSR count). The molecule has 0 amide bonds. The second kappa shape index (κ2) is 5.57. The highest BCUT2D eigenvalue weighted by Gasteiger charge is 2.14. The number of hydrogen-bond donors (Lipinski definition) is 1. The lowest BCUT2D eigenvalue weighted by Crippen LogP contribution is -2.03. The van der Waals surface area contributed by atoms with E-state index < -0.39 is 0 Å². The fourth-order valence-electron chi connectivity index (χ4n) is 1.89. The molecular weight excluding hydrogens is 304 g/mol. The van der Waals surface area contributed by atoms with E-state index in [0.29, 0.717) is 21.2 Å². The first-order valence-electron chi connectivity index (χ1n) is 6.15. The molecular formula is C16H15BrO2. The Morgan fingerprint density at radius 3 is 2.42 bits per heavy atom. The van der Waals surface area contributed by atoms with Crippen molar-refractivity contribution in [3.8, 4) is 5.75 Å². The van der Waals surface area contributed by atoms with Crippen molar-refractivity contribution in [2.24, 2.45) is 0 Å². The first-order valence-corrected chi connectivity index (χ1v) is 6.95. The summed E-state index contributed by atoms with van der Waals surface area (Å²) in [5.41, 5.74) is 3.12. The lowest BCUT2D eigenvalue weighted by molar-refractivity contribution is 0.103. The molecule has 0 aromatic heterocycles. The van der Waals surface area contributed by atoms with E-state index >= 15 is 0 Å². The van der Waals surface area contributed by atoms with Gasteiger partial charge in [-0.05, 0) is 52.5 Å². The van der Waals surface area contributed by atoms with Crippen molar-refractivity contribution in [2.45, 2.75) is 20.3 Å². The summed E-state index contributed by atoms with van der Waals surface area (Å²) in [7, 11) is 0. The Bertz CT molecular complexity index is 615. The zero-order valence-corrected chi connectivity index (χ0v) is 12.5. The van der Waals surface area contributed by atoms with E-state index in [1.165, 1.54) is 5.56 Å². The molecule has 0 aliphatic carbocycles. The minimum Gasteiger partial charge on any atom is -0.508 e. The standard InChI is InChI=1S/C16H15BrO2/c1-3-11-4-6-12(7-5-11)16(19)13-8-10(2)15(18)9-14(13)17/h4-9,18H,3H2,1-2H3. The van der Waals surface area contributed by atoms with Gasteiger partial charge in [-0.2, -0.15) is 0 Å². The first kappa shape index (κ1) is 13.8. The number of aromatic hydroxyl groups is 1. The summed E-state index contributed by atoms with van der Waals surface area (Å²) in [6.07, 6.45) is 0.955. The first-order chi connectivity index (χ1) is 9.02. The molecule has 3 heteroatoms. The Balaban J connectivity index is 2.40. The molecule has 0 saturated heterocycles. The number of phenols is 1. The molecule has 0 unspecified atom stereocenters. The van der Waals surface area contributed by atoms with Crippen LogP contribution in [-0.2, 0) is 6.42 Å². The van der Waals surface area contributed by atoms with Crippen LogP contribution in [0, 0.1) is 6.92 Å². The summed E-state index contributed by atoms with van der Waals surface area (Å²) in [6.45, 7) is 3.86. The van der Waals surface area contributed by atoms with Crippen molar-refractivity contribution in [3.05, 3.63) is 63.1 Å². The number of halogens is 1. The topological polar surface area (TPSA) is 37.3 Å². The van der Waals surface area contributed by atoms with Crippen molar-refractivity contribution < 1.29 is 9.90 Å². The average molecular weight is 319 g/mol. The maximum Gasteiger partial charge on any atom is 0.194 e. The van der Waals surface area contributed by atoms with Crippen LogP contribution in [0.15, 0.2) is 40.9 Å². The highest BCUT2D eigenvalue weighted by molar-refractivity contribution is 9.10. The van der Waals surface area contributed by atoms with Gasteiger partial charge in [0.05, 0.1) is 0 Å². The van der Waals surface area contributed by atoms with E-state index in [4.69, 9.17) is 0 Å². The van der Waals surface area contributed by atoms with Gasteiger partial charge in [0.15, 0.2) is 5.78 Å². The number of rotatable bonds is 3. The predicted molar refractivity (Wildman–Crippen MR) is 79.8 cm³/mol. The van der Waals surface area contributed by atoms with Crippen molar-refractivity contribution >= 4 is 21.7 Å². The van der Waals surface area contributed by atoms with E-state index in [1.54, 1.807) is 19.1 Å². The van der Waals surface area contributed by atoms with Crippen molar-refractivity contribution in [2.75, 3.05) is 0 Å². The predicted octanol–water partition coefficient (Wildman–Crippen LogP) is 4.26. The molecule has 0 aliphatic heterocycles. The van der Waals surface area contributed by atoms with Gasteiger partial charge >= 0.3 is 0 Å². The molecule has 0 saturated carbocycles. The maximum absolute atomic E-state index is 12.4. The molecule has 98 valence electrons. The molecule has 0 bridgehead atoms. The Morgan fingerprint density at radius 1 is 1.21 bits per heavy atom. The third-order valence-electron chi connectivity index (χ3n) is 3.15. The van der Waals surface area contributed by atoms with Crippen LogP contribution in [-0.4, -0.2) is 10.9 Å². The number of carbonyl (C=O) groups excluding carboxylic acids is 1. The van der Waals surface area contributed by atoms with Crippen LogP contribution in [0.2, 0.25) is 0 Å². The molecule has 2 aromatic rings. The van der Waals surface area contributed by atoms with Gasteiger partial charge in [0, 0.05) is 15.6 Å². The van der Waals surface area contributed by atoms with Gasteiger partial charge in [-0.15, -0.1) is 0 Å². The number of aryl methyl sites for hydroxylation is 2. The second-order valence-corrected chi connectivity index (χ2v) is 5.35. The van der Waals surface area contributed by atoms with Crippen LogP contribution >= 0.6 is 15.9 Å². The quantitative estimate of drug-likeness (QED) is 0.859. The van der Waals surface area contributed by atoms with Crippen molar-refractivity contribution in [3.63, 3.8) is 0 Å². The summed E-state index contributed by atoms with van der Waals surface area (Å²) < 4.78 is 0.611. The Morgan fingerprint density at radius 2 is 1.84 bits per heavy atom. The van der Waals surface area contributed by atoms with Crippen molar-refractivity contribution in [1.82, 2.24) is 0 Å². The van der Waals surface area contributed by atoms with Gasteiger partial charge in [-0.3, -0.25) is 4.79 Å². The fourth-order valence-corrected chi connectivity index (χ4v) is 2.40. The van der Waals surface area contributed by atoms with Gasteiger partial charge in [-0.25, -0.2) is 0 Å². The van der Waals surface area contributed by atoms with E-state index in [9.17, 15) is 9.90 Å². The highest BCUT2D eigenvalue weighted by Crippen LogP contribution is 2.28. The zero-order valence-electron chi connectivity index (χ0n) is 10.9.